The smallest absolute Gasteiger partial charge is 0.287 e. The van der Waals surface area contributed by atoms with Gasteiger partial charge in [-0.1, -0.05) is 17.7 Å². The summed E-state index contributed by atoms with van der Waals surface area (Å²) in [7, 11) is 0. The Hall–Kier alpha value is -2.71. The van der Waals surface area contributed by atoms with Crippen LogP contribution in [0.1, 0.15) is 40.7 Å². The molecular weight excluding hydrogens is 397 g/mol. The second-order valence-corrected chi connectivity index (χ2v) is 7.43. The number of hydrogen-bond acceptors (Lipinski definition) is 5. The largest absolute Gasteiger partial charge is 0.459 e. The summed E-state index contributed by atoms with van der Waals surface area (Å²) < 4.78 is 21.3. The molecule has 1 amide bonds. The van der Waals surface area contributed by atoms with Crippen molar-refractivity contribution < 1.29 is 13.6 Å². The number of halogens is 2. The van der Waals surface area contributed by atoms with Gasteiger partial charge in [-0.05, 0) is 31.2 Å². The van der Waals surface area contributed by atoms with E-state index >= 15 is 0 Å². The number of carbonyl (C=O) groups excluding carboxylic acids is 1. The molecule has 1 atom stereocenters. The first-order valence-corrected chi connectivity index (χ1v) is 9.82. The highest BCUT2D eigenvalue weighted by Gasteiger charge is 2.24. The van der Waals surface area contributed by atoms with E-state index in [1.54, 1.807) is 24.3 Å². The lowest BCUT2D eigenvalue weighted by Crippen LogP contribution is -2.30. The Morgan fingerprint density at radius 2 is 2.14 bits per heavy atom. The third-order valence-electron chi connectivity index (χ3n) is 5.07. The minimum absolute atomic E-state index is 0.250. The summed E-state index contributed by atoms with van der Waals surface area (Å²) in [6.07, 6.45) is 2.14. The van der Waals surface area contributed by atoms with E-state index in [0.29, 0.717) is 42.5 Å². The number of benzene rings is 1. The lowest BCUT2D eigenvalue weighted by molar-refractivity contribution is 0.0909. The predicted octanol–water partition coefficient (Wildman–Crippen LogP) is 3.21. The average Bonchev–Trinajstić information content (AvgIpc) is 3.33. The summed E-state index contributed by atoms with van der Waals surface area (Å²) >= 11 is 6.17. The number of amides is 1. The lowest BCUT2D eigenvalue weighted by atomic mass is 10.2. The number of rotatable bonds is 5. The zero-order chi connectivity index (χ0) is 20.4. The molecule has 1 aliphatic heterocycles. The SMILES string of the molecule is C[C@@H](NC(=O)c1ccco1)c1nnc2n1CCN(Cc1c(F)cccc1Cl)CC2. The Kier molecular flexibility index (Phi) is 5.64. The van der Waals surface area contributed by atoms with Crippen LogP contribution in [0.15, 0.2) is 41.0 Å². The molecular formula is C20H21ClFN5O2. The number of carbonyl (C=O) groups is 1. The standard InChI is InChI=1S/C20H21ClFN5O2/c1-13(23-20(28)17-6-3-11-29-17)19-25-24-18-7-8-26(9-10-27(18)19)12-14-15(21)4-2-5-16(14)22/h2-6,11,13H,7-10,12H2,1H3,(H,23,28)/t13-/m1/s1. The van der Waals surface area contributed by atoms with Crippen LogP contribution in [0.25, 0.3) is 0 Å². The van der Waals surface area contributed by atoms with Gasteiger partial charge in [0.1, 0.15) is 11.6 Å². The predicted molar refractivity (Wildman–Crippen MR) is 105 cm³/mol. The van der Waals surface area contributed by atoms with Crippen LogP contribution >= 0.6 is 11.6 Å². The van der Waals surface area contributed by atoms with E-state index in [0.717, 1.165) is 12.4 Å². The molecule has 0 bridgehead atoms. The normalized spacial score (nSPS) is 15.6. The van der Waals surface area contributed by atoms with Gasteiger partial charge >= 0.3 is 0 Å². The minimum atomic E-state index is -0.332. The Balaban J connectivity index is 1.44. The van der Waals surface area contributed by atoms with E-state index in [9.17, 15) is 9.18 Å². The fourth-order valence-corrected chi connectivity index (χ4v) is 3.74. The molecule has 0 radical (unpaired) electrons. The van der Waals surface area contributed by atoms with Gasteiger partial charge < -0.3 is 14.3 Å². The van der Waals surface area contributed by atoms with Crippen LogP contribution < -0.4 is 5.32 Å². The van der Waals surface area contributed by atoms with E-state index in [2.05, 4.69) is 20.4 Å². The molecule has 1 N–H and O–H groups in total. The number of fused-ring (bicyclic) bond motifs is 1. The second-order valence-electron chi connectivity index (χ2n) is 7.02. The summed E-state index contributed by atoms with van der Waals surface area (Å²) in [4.78, 5) is 14.4. The lowest BCUT2D eigenvalue weighted by Gasteiger charge is -2.21. The molecule has 1 aliphatic rings. The summed E-state index contributed by atoms with van der Waals surface area (Å²) in [6, 6.07) is 7.68. The van der Waals surface area contributed by atoms with Crippen LogP contribution in [0.5, 0.6) is 0 Å². The molecule has 1 aromatic carbocycles. The van der Waals surface area contributed by atoms with Gasteiger partial charge in [0.25, 0.3) is 5.91 Å². The van der Waals surface area contributed by atoms with Crippen molar-refractivity contribution in [1.29, 1.82) is 0 Å². The zero-order valence-electron chi connectivity index (χ0n) is 15.9. The van der Waals surface area contributed by atoms with E-state index < -0.39 is 0 Å². The monoisotopic (exact) mass is 417 g/mol. The molecule has 0 spiro atoms. The van der Waals surface area contributed by atoms with E-state index in [1.807, 2.05) is 11.5 Å². The van der Waals surface area contributed by atoms with Crippen molar-refractivity contribution in [2.75, 3.05) is 13.1 Å². The maximum absolute atomic E-state index is 14.1. The second kappa shape index (κ2) is 8.34. The molecule has 0 fully saturated rings. The van der Waals surface area contributed by atoms with Crippen LogP contribution in [0.3, 0.4) is 0 Å². The molecule has 7 nitrogen and oxygen atoms in total. The third-order valence-corrected chi connectivity index (χ3v) is 5.42. The van der Waals surface area contributed by atoms with Crippen molar-refractivity contribution in [3.05, 3.63) is 70.4 Å². The first-order valence-electron chi connectivity index (χ1n) is 9.44. The van der Waals surface area contributed by atoms with Crippen molar-refractivity contribution in [1.82, 2.24) is 25.0 Å². The molecule has 0 saturated heterocycles. The summed E-state index contributed by atoms with van der Waals surface area (Å²) in [5, 5.41) is 11.9. The van der Waals surface area contributed by atoms with Crippen LogP contribution in [0.2, 0.25) is 5.02 Å². The first kappa shape index (κ1) is 19.6. The van der Waals surface area contributed by atoms with E-state index in [4.69, 9.17) is 16.0 Å². The molecule has 29 heavy (non-hydrogen) atoms. The van der Waals surface area contributed by atoms with Gasteiger partial charge in [0.2, 0.25) is 0 Å². The Morgan fingerprint density at radius 1 is 1.28 bits per heavy atom. The van der Waals surface area contributed by atoms with Gasteiger partial charge in [-0.3, -0.25) is 9.69 Å². The van der Waals surface area contributed by atoms with Crippen molar-refractivity contribution >= 4 is 17.5 Å². The van der Waals surface area contributed by atoms with Crippen LogP contribution in [-0.4, -0.2) is 38.7 Å². The van der Waals surface area contributed by atoms with Gasteiger partial charge in [-0.2, -0.15) is 0 Å². The van der Waals surface area contributed by atoms with Gasteiger partial charge in [0.15, 0.2) is 11.6 Å². The van der Waals surface area contributed by atoms with Gasteiger partial charge in [-0.15, -0.1) is 10.2 Å². The van der Waals surface area contributed by atoms with Gasteiger partial charge in [0.05, 0.1) is 12.3 Å². The summed E-state index contributed by atoms with van der Waals surface area (Å²) in [5.74, 6) is 1.19. The third kappa shape index (κ3) is 4.18. The highest BCUT2D eigenvalue weighted by atomic mass is 35.5. The maximum atomic E-state index is 14.1. The highest BCUT2D eigenvalue weighted by molar-refractivity contribution is 6.31. The van der Waals surface area contributed by atoms with Crippen LogP contribution in [-0.2, 0) is 19.5 Å². The fourth-order valence-electron chi connectivity index (χ4n) is 3.51. The molecule has 3 aromatic rings. The number of nitrogens with one attached hydrogen (secondary N) is 1. The Labute approximate surface area is 172 Å². The Morgan fingerprint density at radius 3 is 2.90 bits per heavy atom. The minimum Gasteiger partial charge on any atom is -0.459 e. The molecule has 4 rings (SSSR count). The average molecular weight is 418 g/mol. The molecule has 9 heteroatoms. The van der Waals surface area contributed by atoms with E-state index in [1.165, 1.54) is 12.3 Å². The Bertz CT molecular complexity index is 984. The molecule has 152 valence electrons. The quantitative estimate of drug-likeness (QED) is 0.689. The molecule has 0 unspecified atom stereocenters. The number of aromatic nitrogens is 3. The van der Waals surface area contributed by atoms with Crippen molar-refractivity contribution in [3.8, 4) is 0 Å². The summed E-state index contributed by atoms with van der Waals surface area (Å²) in [6.45, 7) is 4.35. The molecule has 3 heterocycles. The fraction of sp³-hybridized carbons (Fsp3) is 0.350. The number of nitrogens with zero attached hydrogens (tertiary/aromatic N) is 4. The van der Waals surface area contributed by atoms with Gasteiger partial charge in [0, 0.05) is 43.2 Å². The first-order chi connectivity index (χ1) is 14.0. The van der Waals surface area contributed by atoms with Crippen LogP contribution in [0.4, 0.5) is 4.39 Å². The van der Waals surface area contributed by atoms with Crippen molar-refractivity contribution in [2.45, 2.75) is 32.5 Å². The molecule has 2 aromatic heterocycles. The topological polar surface area (TPSA) is 76.2 Å². The zero-order valence-corrected chi connectivity index (χ0v) is 16.7. The van der Waals surface area contributed by atoms with E-state index in [-0.39, 0.29) is 23.5 Å². The van der Waals surface area contributed by atoms with Crippen molar-refractivity contribution in [3.63, 3.8) is 0 Å². The van der Waals surface area contributed by atoms with Crippen LogP contribution in [0, 0.1) is 5.82 Å². The van der Waals surface area contributed by atoms with Gasteiger partial charge in [-0.25, -0.2) is 4.39 Å². The number of hydrogen-bond donors (Lipinski definition) is 1. The number of furan rings is 1. The summed E-state index contributed by atoms with van der Waals surface area (Å²) in [5.41, 5.74) is 0.506. The van der Waals surface area contributed by atoms with Crippen molar-refractivity contribution in [2.24, 2.45) is 0 Å². The molecule has 0 saturated carbocycles. The maximum Gasteiger partial charge on any atom is 0.287 e. The molecule has 0 aliphatic carbocycles. The highest BCUT2D eigenvalue weighted by Crippen LogP contribution is 2.22.